The highest BCUT2D eigenvalue weighted by atomic mass is 16.2. The lowest BCUT2D eigenvalue weighted by atomic mass is 10.00. The maximum Gasteiger partial charge on any atom is 0.229 e. The summed E-state index contributed by atoms with van der Waals surface area (Å²) < 4.78 is 0. The Bertz CT molecular complexity index is 314. The Kier molecular flexibility index (Phi) is 5.37. The van der Waals surface area contributed by atoms with Gasteiger partial charge in [-0.05, 0) is 45.1 Å². The molecule has 107 valence electrons. The first-order valence-electron chi connectivity index (χ1n) is 7.61. The van der Waals surface area contributed by atoms with Crippen molar-refractivity contribution in [2.75, 3.05) is 19.6 Å². The predicted molar refractivity (Wildman–Crippen MR) is 74.4 cm³/mol. The van der Waals surface area contributed by atoms with E-state index >= 15 is 0 Å². The van der Waals surface area contributed by atoms with Crippen LogP contribution in [0.3, 0.4) is 0 Å². The number of hydrogen-bond donors (Lipinski definition) is 0. The van der Waals surface area contributed by atoms with Gasteiger partial charge >= 0.3 is 0 Å². The van der Waals surface area contributed by atoms with Gasteiger partial charge in [0, 0.05) is 32.0 Å². The number of likely N-dealkylation sites (tertiary alicyclic amines) is 2. The first kappa shape index (κ1) is 14.5. The van der Waals surface area contributed by atoms with Crippen molar-refractivity contribution in [3.05, 3.63) is 6.42 Å². The second kappa shape index (κ2) is 7.04. The standard InChI is InChI=1S/C15H25N2O2/c1-2-13-7-3-4-10-16(13)11-6-12-17-14(18)8-5-9-15(17)19/h3,13H,2,4-12H2,1H3. The first-order valence-corrected chi connectivity index (χ1v) is 7.61. The van der Waals surface area contributed by atoms with E-state index in [2.05, 4.69) is 18.2 Å². The zero-order valence-corrected chi connectivity index (χ0v) is 11.9. The highest BCUT2D eigenvalue weighted by molar-refractivity contribution is 5.97. The fraction of sp³-hybridized carbons (Fsp3) is 0.800. The molecule has 2 aliphatic heterocycles. The summed E-state index contributed by atoms with van der Waals surface area (Å²) in [5.41, 5.74) is 0. The maximum absolute atomic E-state index is 11.7. The molecule has 2 amide bonds. The number of amides is 2. The predicted octanol–water partition coefficient (Wildman–Crippen LogP) is 1.99. The minimum Gasteiger partial charge on any atom is -0.300 e. The van der Waals surface area contributed by atoms with E-state index in [1.807, 2.05) is 0 Å². The summed E-state index contributed by atoms with van der Waals surface area (Å²) in [5.74, 6) is 0.0468. The third-order valence-corrected chi connectivity index (χ3v) is 4.26. The highest BCUT2D eigenvalue weighted by Gasteiger charge is 2.26. The molecule has 0 aromatic carbocycles. The molecule has 0 saturated carbocycles. The molecule has 2 aliphatic rings. The lowest BCUT2D eigenvalue weighted by Crippen LogP contribution is -2.43. The van der Waals surface area contributed by atoms with Crippen molar-refractivity contribution in [2.24, 2.45) is 0 Å². The van der Waals surface area contributed by atoms with Gasteiger partial charge in [-0.25, -0.2) is 0 Å². The molecular formula is C15H25N2O2. The van der Waals surface area contributed by atoms with Crippen LogP contribution in [0, 0.1) is 6.42 Å². The van der Waals surface area contributed by atoms with Gasteiger partial charge in [0.1, 0.15) is 0 Å². The van der Waals surface area contributed by atoms with Crippen LogP contribution in [0.1, 0.15) is 51.9 Å². The smallest absolute Gasteiger partial charge is 0.229 e. The zero-order valence-electron chi connectivity index (χ0n) is 11.9. The van der Waals surface area contributed by atoms with Gasteiger partial charge in [-0.3, -0.25) is 14.5 Å². The summed E-state index contributed by atoms with van der Waals surface area (Å²) >= 11 is 0. The van der Waals surface area contributed by atoms with Crippen molar-refractivity contribution in [2.45, 2.75) is 57.9 Å². The van der Waals surface area contributed by atoms with Gasteiger partial charge in [0.05, 0.1) is 0 Å². The average Bonchev–Trinajstić information content (AvgIpc) is 2.42. The lowest BCUT2D eigenvalue weighted by molar-refractivity contribution is -0.148. The number of carbonyl (C=O) groups is 2. The molecule has 2 saturated heterocycles. The Hall–Kier alpha value is -0.900. The van der Waals surface area contributed by atoms with Crippen molar-refractivity contribution in [1.82, 2.24) is 9.80 Å². The molecule has 2 fully saturated rings. The molecule has 1 unspecified atom stereocenters. The van der Waals surface area contributed by atoms with Gasteiger partial charge in [0.2, 0.25) is 11.8 Å². The molecule has 0 aromatic rings. The zero-order chi connectivity index (χ0) is 13.7. The summed E-state index contributed by atoms with van der Waals surface area (Å²) in [7, 11) is 0. The molecule has 19 heavy (non-hydrogen) atoms. The van der Waals surface area contributed by atoms with Gasteiger partial charge in [0.15, 0.2) is 0 Å². The van der Waals surface area contributed by atoms with Crippen molar-refractivity contribution in [1.29, 1.82) is 0 Å². The summed E-state index contributed by atoms with van der Waals surface area (Å²) in [6.45, 7) is 4.96. The van der Waals surface area contributed by atoms with Crippen LogP contribution in [0.25, 0.3) is 0 Å². The van der Waals surface area contributed by atoms with Crippen LogP contribution in [-0.4, -0.2) is 47.3 Å². The second-order valence-electron chi connectivity index (χ2n) is 5.56. The van der Waals surface area contributed by atoms with E-state index in [4.69, 9.17) is 0 Å². The summed E-state index contributed by atoms with van der Waals surface area (Å²) in [5, 5.41) is 0. The normalized spacial score (nSPS) is 25.9. The third kappa shape index (κ3) is 3.78. The SMILES string of the molecule is CCC1C[CH]CCN1CCCN1C(=O)CCCC1=O. The monoisotopic (exact) mass is 265 g/mol. The van der Waals surface area contributed by atoms with Crippen molar-refractivity contribution >= 4 is 11.8 Å². The van der Waals surface area contributed by atoms with Crippen LogP contribution in [0.4, 0.5) is 0 Å². The van der Waals surface area contributed by atoms with E-state index in [0.29, 0.717) is 25.4 Å². The average molecular weight is 265 g/mol. The molecule has 1 atom stereocenters. The summed E-state index contributed by atoms with van der Waals surface area (Å²) in [6.07, 6.45) is 8.63. The van der Waals surface area contributed by atoms with E-state index in [-0.39, 0.29) is 11.8 Å². The molecule has 0 bridgehead atoms. The Balaban J connectivity index is 1.75. The molecule has 0 spiro atoms. The molecule has 1 radical (unpaired) electrons. The largest absolute Gasteiger partial charge is 0.300 e. The van der Waals surface area contributed by atoms with E-state index < -0.39 is 0 Å². The van der Waals surface area contributed by atoms with Crippen LogP contribution < -0.4 is 0 Å². The lowest BCUT2D eigenvalue weighted by Gasteiger charge is -2.35. The van der Waals surface area contributed by atoms with Crippen LogP contribution in [-0.2, 0) is 9.59 Å². The topological polar surface area (TPSA) is 40.6 Å². The van der Waals surface area contributed by atoms with Crippen molar-refractivity contribution in [3.63, 3.8) is 0 Å². The fourth-order valence-electron chi connectivity index (χ4n) is 3.10. The molecule has 2 heterocycles. The molecule has 4 heteroatoms. The molecule has 0 aliphatic carbocycles. The number of hydrogen-bond acceptors (Lipinski definition) is 3. The van der Waals surface area contributed by atoms with E-state index in [0.717, 1.165) is 32.4 Å². The fourth-order valence-corrected chi connectivity index (χ4v) is 3.10. The first-order chi connectivity index (χ1) is 9.22. The third-order valence-electron chi connectivity index (χ3n) is 4.26. The quantitative estimate of drug-likeness (QED) is 0.714. The minimum absolute atomic E-state index is 0.0234. The van der Waals surface area contributed by atoms with Crippen LogP contribution >= 0.6 is 0 Å². The Morgan fingerprint density at radius 1 is 1.21 bits per heavy atom. The van der Waals surface area contributed by atoms with Crippen LogP contribution in [0.15, 0.2) is 0 Å². The van der Waals surface area contributed by atoms with Gasteiger partial charge in [-0.15, -0.1) is 0 Å². The minimum atomic E-state index is 0.0234. The van der Waals surface area contributed by atoms with Crippen LogP contribution in [0.5, 0.6) is 0 Å². The summed E-state index contributed by atoms with van der Waals surface area (Å²) in [4.78, 5) is 27.4. The Morgan fingerprint density at radius 2 is 1.95 bits per heavy atom. The molecule has 0 aromatic heterocycles. The molecular weight excluding hydrogens is 240 g/mol. The molecule has 2 rings (SSSR count). The van der Waals surface area contributed by atoms with E-state index in [1.165, 1.54) is 17.7 Å². The number of rotatable bonds is 5. The van der Waals surface area contributed by atoms with Crippen molar-refractivity contribution in [3.8, 4) is 0 Å². The highest BCUT2D eigenvalue weighted by Crippen LogP contribution is 2.19. The van der Waals surface area contributed by atoms with Gasteiger partial charge < -0.3 is 4.90 Å². The number of imide groups is 1. The van der Waals surface area contributed by atoms with Gasteiger partial charge in [-0.2, -0.15) is 0 Å². The van der Waals surface area contributed by atoms with Crippen molar-refractivity contribution < 1.29 is 9.59 Å². The van der Waals surface area contributed by atoms with Gasteiger partial charge in [-0.1, -0.05) is 6.92 Å². The van der Waals surface area contributed by atoms with E-state index in [1.54, 1.807) is 0 Å². The number of nitrogens with zero attached hydrogens (tertiary/aromatic N) is 2. The molecule has 0 N–H and O–H groups in total. The van der Waals surface area contributed by atoms with E-state index in [9.17, 15) is 9.59 Å². The van der Waals surface area contributed by atoms with Crippen LogP contribution in [0.2, 0.25) is 0 Å². The molecule has 4 nitrogen and oxygen atoms in total. The summed E-state index contributed by atoms with van der Waals surface area (Å²) in [6, 6.07) is 0.654. The number of piperidine rings is 2. The van der Waals surface area contributed by atoms with Gasteiger partial charge in [0.25, 0.3) is 0 Å². The maximum atomic E-state index is 11.7. The Morgan fingerprint density at radius 3 is 2.63 bits per heavy atom. The Labute approximate surface area is 116 Å². The second-order valence-corrected chi connectivity index (χ2v) is 5.56. The number of carbonyl (C=O) groups excluding carboxylic acids is 2.